The van der Waals surface area contributed by atoms with E-state index in [0.717, 1.165) is 5.56 Å². The van der Waals surface area contributed by atoms with Crippen molar-refractivity contribution in [2.24, 2.45) is 0 Å². The van der Waals surface area contributed by atoms with E-state index < -0.39 is 4.92 Å². The largest absolute Gasteiger partial charge is 0.326 e. The van der Waals surface area contributed by atoms with E-state index in [2.05, 4.69) is 5.32 Å². The number of benzene rings is 2. The van der Waals surface area contributed by atoms with E-state index in [4.69, 9.17) is 0 Å². The Hall–Kier alpha value is -2.69. The van der Waals surface area contributed by atoms with Gasteiger partial charge < -0.3 is 5.32 Å². The number of hydrogen-bond donors (Lipinski definition) is 1. The van der Waals surface area contributed by atoms with Crippen LogP contribution in [0.1, 0.15) is 24.8 Å². The molecule has 1 N–H and O–H groups in total. The van der Waals surface area contributed by atoms with E-state index in [1.165, 1.54) is 12.1 Å². The molecule has 21 heavy (non-hydrogen) atoms. The molecular weight excluding hydrogens is 268 g/mol. The maximum atomic E-state index is 12.0. The summed E-state index contributed by atoms with van der Waals surface area (Å²) in [6.45, 7) is 1.97. The summed E-state index contributed by atoms with van der Waals surface area (Å²) in [7, 11) is 0. The van der Waals surface area contributed by atoms with Crippen LogP contribution in [0.2, 0.25) is 0 Å². The van der Waals surface area contributed by atoms with E-state index >= 15 is 0 Å². The number of nitro groups is 1. The van der Waals surface area contributed by atoms with Crippen molar-refractivity contribution in [3.05, 3.63) is 70.3 Å². The average molecular weight is 284 g/mol. The second-order valence-corrected chi connectivity index (χ2v) is 4.87. The lowest BCUT2D eigenvalue weighted by Gasteiger charge is -2.12. The molecule has 1 atom stereocenters. The molecule has 108 valence electrons. The molecule has 0 spiro atoms. The number of nitro benzene ring substituents is 1. The van der Waals surface area contributed by atoms with Gasteiger partial charge in [-0.15, -0.1) is 0 Å². The molecule has 2 aromatic rings. The van der Waals surface area contributed by atoms with Gasteiger partial charge >= 0.3 is 0 Å². The summed E-state index contributed by atoms with van der Waals surface area (Å²) >= 11 is 0. The van der Waals surface area contributed by atoms with Crippen LogP contribution in [0, 0.1) is 10.1 Å². The molecule has 0 fully saturated rings. The van der Waals surface area contributed by atoms with Crippen LogP contribution < -0.4 is 5.32 Å². The number of hydrogen-bond acceptors (Lipinski definition) is 3. The van der Waals surface area contributed by atoms with Gasteiger partial charge in [-0.05, 0) is 17.5 Å². The number of non-ortho nitro benzene ring substituents is 1. The van der Waals surface area contributed by atoms with E-state index in [9.17, 15) is 14.9 Å². The average Bonchev–Trinajstić information content (AvgIpc) is 2.48. The second-order valence-electron chi connectivity index (χ2n) is 4.87. The maximum Gasteiger partial charge on any atom is 0.271 e. The Balaban J connectivity index is 1.99. The van der Waals surface area contributed by atoms with Crippen LogP contribution in [0.3, 0.4) is 0 Å². The zero-order valence-electron chi connectivity index (χ0n) is 11.7. The third-order valence-corrected chi connectivity index (χ3v) is 3.20. The Morgan fingerprint density at radius 1 is 1.19 bits per heavy atom. The van der Waals surface area contributed by atoms with Crippen LogP contribution in [-0.2, 0) is 4.79 Å². The van der Waals surface area contributed by atoms with Crippen LogP contribution in [0.5, 0.6) is 0 Å². The zero-order valence-corrected chi connectivity index (χ0v) is 11.7. The first-order valence-electron chi connectivity index (χ1n) is 6.65. The minimum Gasteiger partial charge on any atom is -0.326 e. The van der Waals surface area contributed by atoms with E-state index in [0.29, 0.717) is 12.1 Å². The second kappa shape index (κ2) is 6.65. The first-order valence-corrected chi connectivity index (χ1v) is 6.65. The molecule has 0 saturated carbocycles. The van der Waals surface area contributed by atoms with E-state index in [-0.39, 0.29) is 17.5 Å². The summed E-state index contributed by atoms with van der Waals surface area (Å²) in [5.74, 6) is -0.0725. The fraction of sp³-hybridized carbons (Fsp3) is 0.188. The molecular formula is C16H16N2O3. The summed E-state index contributed by atoms with van der Waals surface area (Å²) in [6, 6.07) is 15.7. The lowest BCUT2D eigenvalue weighted by Crippen LogP contribution is -2.14. The van der Waals surface area contributed by atoms with Crippen molar-refractivity contribution < 1.29 is 9.72 Å². The van der Waals surface area contributed by atoms with Gasteiger partial charge in [0.15, 0.2) is 0 Å². The summed E-state index contributed by atoms with van der Waals surface area (Å²) in [5.41, 5.74) is 1.49. The van der Waals surface area contributed by atoms with Crippen molar-refractivity contribution in [2.45, 2.75) is 19.3 Å². The molecule has 0 heterocycles. The van der Waals surface area contributed by atoms with Crippen molar-refractivity contribution in [3.8, 4) is 0 Å². The maximum absolute atomic E-state index is 12.0. The van der Waals surface area contributed by atoms with Crippen LogP contribution in [0.25, 0.3) is 0 Å². The quantitative estimate of drug-likeness (QED) is 0.671. The number of nitrogens with one attached hydrogen (secondary N) is 1. The van der Waals surface area contributed by atoms with Crippen LogP contribution in [-0.4, -0.2) is 10.8 Å². The minimum absolute atomic E-state index is 0.0380. The summed E-state index contributed by atoms with van der Waals surface area (Å²) in [5, 5.41) is 13.4. The summed E-state index contributed by atoms with van der Waals surface area (Å²) in [4.78, 5) is 22.2. The van der Waals surface area contributed by atoms with Crippen LogP contribution in [0.15, 0.2) is 54.6 Å². The third-order valence-electron chi connectivity index (χ3n) is 3.20. The molecule has 0 bridgehead atoms. The van der Waals surface area contributed by atoms with Crippen LogP contribution >= 0.6 is 0 Å². The Kier molecular flexibility index (Phi) is 4.66. The number of rotatable bonds is 5. The zero-order chi connectivity index (χ0) is 15.2. The molecule has 0 aliphatic rings. The van der Waals surface area contributed by atoms with Gasteiger partial charge in [0, 0.05) is 24.2 Å². The summed E-state index contributed by atoms with van der Waals surface area (Å²) < 4.78 is 0. The topological polar surface area (TPSA) is 72.2 Å². The van der Waals surface area contributed by atoms with Gasteiger partial charge in [-0.25, -0.2) is 0 Å². The highest BCUT2D eigenvalue weighted by atomic mass is 16.6. The molecule has 1 amide bonds. The lowest BCUT2D eigenvalue weighted by atomic mass is 9.97. The molecule has 0 aliphatic heterocycles. The van der Waals surface area contributed by atoms with Crippen molar-refractivity contribution in [1.29, 1.82) is 0 Å². The van der Waals surface area contributed by atoms with Gasteiger partial charge in [-0.3, -0.25) is 14.9 Å². The molecule has 0 radical (unpaired) electrons. The normalized spacial score (nSPS) is 11.7. The predicted octanol–water partition coefficient (Wildman–Crippen LogP) is 3.73. The first-order chi connectivity index (χ1) is 10.1. The number of carbonyl (C=O) groups excluding carboxylic acids is 1. The standard InChI is InChI=1S/C16H16N2O3/c1-12(13-6-3-2-4-7-13)10-16(19)17-14-8-5-9-15(11-14)18(20)21/h2-9,11-12H,10H2,1H3,(H,17,19)/t12-/m0/s1. The SMILES string of the molecule is C[C@@H](CC(=O)Nc1cccc([N+](=O)[O-])c1)c1ccccc1. The molecule has 2 rings (SSSR count). The Morgan fingerprint density at radius 3 is 2.57 bits per heavy atom. The molecule has 0 unspecified atom stereocenters. The first kappa shape index (κ1) is 14.7. The van der Waals surface area contributed by atoms with Crippen molar-refractivity contribution in [3.63, 3.8) is 0 Å². The minimum atomic E-state index is -0.484. The Labute approximate surface area is 122 Å². The number of nitrogens with zero attached hydrogens (tertiary/aromatic N) is 1. The fourth-order valence-corrected chi connectivity index (χ4v) is 2.09. The molecule has 5 nitrogen and oxygen atoms in total. The van der Waals surface area contributed by atoms with Gasteiger partial charge in [-0.2, -0.15) is 0 Å². The van der Waals surface area contributed by atoms with Crippen molar-refractivity contribution in [1.82, 2.24) is 0 Å². The van der Waals surface area contributed by atoms with Gasteiger partial charge in [-0.1, -0.05) is 43.3 Å². The molecule has 5 heteroatoms. The highest BCUT2D eigenvalue weighted by Crippen LogP contribution is 2.21. The number of anilines is 1. The lowest BCUT2D eigenvalue weighted by molar-refractivity contribution is -0.384. The fourth-order valence-electron chi connectivity index (χ4n) is 2.09. The van der Waals surface area contributed by atoms with Gasteiger partial charge in [0.05, 0.1) is 4.92 Å². The molecule has 0 saturated heterocycles. The van der Waals surface area contributed by atoms with Gasteiger partial charge in [0.2, 0.25) is 5.91 Å². The third kappa shape index (κ3) is 4.14. The molecule has 2 aromatic carbocycles. The molecule has 0 aromatic heterocycles. The predicted molar refractivity (Wildman–Crippen MR) is 81.2 cm³/mol. The monoisotopic (exact) mass is 284 g/mol. The number of carbonyl (C=O) groups is 1. The van der Waals surface area contributed by atoms with Gasteiger partial charge in [0.25, 0.3) is 5.69 Å². The van der Waals surface area contributed by atoms with E-state index in [1.807, 2.05) is 37.3 Å². The van der Waals surface area contributed by atoms with Crippen molar-refractivity contribution >= 4 is 17.3 Å². The Morgan fingerprint density at radius 2 is 1.90 bits per heavy atom. The van der Waals surface area contributed by atoms with Gasteiger partial charge in [0.1, 0.15) is 0 Å². The van der Waals surface area contributed by atoms with Crippen molar-refractivity contribution in [2.75, 3.05) is 5.32 Å². The smallest absolute Gasteiger partial charge is 0.271 e. The molecule has 0 aliphatic carbocycles. The highest BCUT2D eigenvalue weighted by Gasteiger charge is 2.12. The Bertz CT molecular complexity index is 641. The number of amides is 1. The van der Waals surface area contributed by atoms with Crippen LogP contribution in [0.4, 0.5) is 11.4 Å². The highest BCUT2D eigenvalue weighted by molar-refractivity contribution is 5.91. The summed E-state index contributed by atoms with van der Waals surface area (Å²) in [6.07, 6.45) is 0.326. The van der Waals surface area contributed by atoms with E-state index in [1.54, 1.807) is 12.1 Å².